The number of aromatic nitrogens is 4. The lowest BCUT2D eigenvalue weighted by Gasteiger charge is -2.27. The third-order valence-electron chi connectivity index (χ3n) is 5.27. The number of methoxy groups -OCH3 is 1. The minimum Gasteiger partial charge on any atom is -0.497 e. The first-order valence-corrected chi connectivity index (χ1v) is 9.42. The smallest absolute Gasteiger partial charge is 0.178 e. The predicted molar refractivity (Wildman–Crippen MR) is 108 cm³/mol. The van der Waals surface area contributed by atoms with Gasteiger partial charge in [-0.1, -0.05) is 6.07 Å². The highest BCUT2D eigenvalue weighted by atomic mass is 16.5. The minimum atomic E-state index is 0.661. The average molecular weight is 371 g/mol. The Morgan fingerprint density at radius 3 is 2.79 bits per heavy atom. The summed E-state index contributed by atoms with van der Waals surface area (Å²) in [4.78, 5) is 19.3. The number of fused-ring (bicyclic) bond motifs is 3. The summed E-state index contributed by atoms with van der Waals surface area (Å²) in [7, 11) is 1.71. The molecule has 1 aliphatic rings. The first kappa shape index (κ1) is 16.9. The molecule has 0 amide bonds. The Hall–Kier alpha value is -3.25. The molecule has 3 aromatic heterocycles. The van der Waals surface area contributed by atoms with Crippen molar-refractivity contribution >= 4 is 10.9 Å². The molecule has 5 rings (SSSR count). The van der Waals surface area contributed by atoms with Gasteiger partial charge in [0.05, 0.1) is 7.11 Å². The van der Waals surface area contributed by atoms with Gasteiger partial charge in [-0.2, -0.15) is 0 Å². The summed E-state index contributed by atoms with van der Waals surface area (Å²) >= 11 is 0. The lowest BCUT2D eigenvalue weighted by atomic mass is 10.0. The maximum Gasteiger partial charge on any atom is 0.178 e. The highest BCUT2D eigenvalue weighted by Gasteiger charge is 2.21. The Bertz CT molecular complexity index is 1110. The van der Waals surface area contributed by atoms with E-state index in [0.29, 0.717) is 5.82 Å². The molecule has 6 nitrogen and oxygen atoms in total. The van der Waals surface area contributed by atoms with Crippen LogP contribution in [0.2, 0.25) is 0 Å². The van der Waals surface area contributed by atoms with Crippen LogP contribution in [0.25, 0.3) is 22.4 Å². The van der Waals surface area contributed by atoms with Crippen molar-refractivity contribution in [1.29, 1.82) is 0 Å². The van der Waals surface area contributed by atoms with Crippen LogP contribution in [-0.2, 0) is 19.5 Å². The van der Waals surface area contributed by atoms with Gasteiger partial charge < -0.3 is 9.72 Å². The normalized spacial score (nSPS) is 14.2. The van der Waals surface area contributed by atoms with E-state index in [-0.39, 0.29) is 0 Å². The molecular formula is C22H21N5O. The van der Waals surface area contributed by atoms with E-state index in [1.807, 2.05) is 36.7 Å². The summed E-state index contributed by atoms with van der Waals surface area (Å²) in [5.41, 5.74) is 5.79. The summed E-state index contributed by atoms with van der Waals surface area (Å²) in [6, 6.07) is 12.0. The van der Waals surface area contributed by atoms with Crippen LogP contribution >= 0.6 is 0 Å². The van der Waals surface area contributed by atoms with Crippen LogP contribution in [0.3, 0.4) is 0 Å². The van der Waals surface area contributed by atoms with Crippen LogP contribution in [0.4, 0.5) is 0 Å². The lowest BCUT2D eigenvalue weighted by Crippen LogP contribution is -2.29. The van der Waals surface area contributed by atoms with Gasteiger partial charge in [-0.25, -0.2) is 9.97 Å². The molecule has 1 aromatic carbocycles. The third-order valence-corrected chi connectivity index (χ3v) is 5.27. The Labute approximate surface area is 163 Å². The summed E-state index contributed by atoms with van der Waals surface area (Å²) in [6.45, 7) is 2.75. The van der Waals surface area contributed by atoms with E-state index in [9.17, 15) is 0 Å². The van der Waals surface area contributed by atoms with Crippen LogP contribution in [0, 0.1) is 0 Å². The Morgan fingerprint density at radius 2 is 2.00 bits per heavy atom. The van der Waals surface area contributed by atoms with Crippen LogP contribution in [-0.4, -0.2) is 38.5 Å². The zero-order valence-corrected chi connectivity index (χ0v) is 15.7. The van der Waals surface area contributed by atoms with Gasteiger partial charge in [-0.3, -0.25) is 9.88 Å². The second kappa shape index (κ2) is 7.05. The topological polar surface area (TPSA) is 66.9 Å². The molecule has 0 unspecified atom stereocenters. The van der Waals surface area contributed by atoms with Crippen LogP contribution in [0.1, 0.15) is 16.8 Å². The van der Waals surface area contributed by atoms with E-state index < -0.39 is 0 Å². The van der Waals surface area contributed by atoms with Crippen molar-refractivity contribution in [2.75, 3.05) is 13.7 Å². The van der Waals surface area contributed by atoms with Crippen LogP contribution in [0.5, 0.6) is 5.75 Å². The average Bonchev–Trinajstić information content (AvgIpc) is 3.12. The highest BCUT2D eigenvalue weighted by Crippen LogP contribution is 2.30. The van der Waals surface area contributed by atoms with E-state index in [2.05, 4.69) is 37.0 Å². The number of ether oxygens (including phenoxy) is 1. The number of rotatable bonds is 4. The summed E-state index contributed by atoms with van der Waals surface area (Å²) < 4.78 is 5.40. The van der Waals surface area contributed by atoms with Crippen molar-refractivity contribution in [2.45, 2.75) is 19.5 Å². The summed E-state index contributed by atoms with van der Waals surface area (Å²) in [5.74, 6) is 1.55. The van der Waals surface area contributed by atoms with Gasteiger partial charge >= 0.3 is 0 Å². The van der Waals surface area contributed by atoms with Gasteiger partial charge in [0.15, 0.2) is 5.82 Å². The van der Waals surface area contributed by atoms with Crippen LogP contribution < -0.4 is 4.74 Å². The van der Waals surface area contributed by atoms with E-state index in [0.717, 1.165) is 43.1 Å². The molecular weight excluding hydrogens is 350 g/mol. The molecule has 0 bridgehead atoms. The van der Waals surface area contributed by atoms with Gasteiger partial charge in [0.25, 0.3) is 0 Å². The number of aromatic amines is 1. The second-order valence-electron chi connectivity index (χ2n) is 7.08. The Kier molecular flexibility index (Phi) is 4.25. The zero-order chi connectivity index (χ0) is 18.9. The number of nitrogens with zero attached hydrogens (tertiary/aromatic N) is 4. The van der Waals surface area contributed by atoms with Crippen LogP contribution in [0.15, 0.2) is 55.0 Å². The number of benzene rings is 1. The quantitative estimate of drug-likeness (QED) is 0.594. The molecule has 6 heteroatoms. The number of H-pyrrole nitrogens is 1. The maximum absolute atomic E-state index is 5.40. The van der Waals surface area contributed by atoms with Crippen molar-refractivity contribution < 1.29 is 4.74 Å². The molecule has 0 saturated carbocycles. The number of hydrogen-bond acceptors (Lipinski definition) is 5. The van der Waals surface area contributed by atoms with Crippen molar-refractivity contribution in [1.82, 2.24) is 24.8 Å². The SMILES string of the molecule is COc1ccc2[nH]c3c(c2c1)CN(Cc1cnc(-c2ccccn2)nc1)CC3. The van der Waals surface area contributed by atoms with Gasteiger partial charge in [-0.15, -0.1) is 0 Å². The number of hydrogen-bond donors (Lipinski definition) is 1. The number of pyridine rings is 1. The highest BCUT2D eigenvalue weighted by molar-refractivity contribution is 5.86. The molecule has 1 N–H and O–H groups in total. The zero-order valence-electron chi connectivity index (χ0n) is 15.7. The standard InChI is InChI=1S/C22H21N5O/c1-28-16-5-6-19-17(10-16)18-14-27(9-7-20(18)26-19)13-15-11-24-22(25-12-15)21-4-2-3-8-23-21/h2-6,8,10-12,26H,7,9,13-14H2,1H3. The van der Waals surface area contributed by atoms with E-state index in [1.54, 1.807) is 13.3 Å². The largest absolute Gasteiger partial charge is 0.497 e. The van der Waals surface area contributed by atoms with Crippen molar-refractivity contribution in [3.05, 3.63) is 71.8 Å². The fraction of sp³-hybridized carbons (Fsp3) is 0.227. The third kappa shape index (κ3) is 3.12. The molecule has 4 aromatic rings. The second-order valence-corrected chi connectivity index (χ2v) is 7.08. The molecule has 0 atom stereocenters. The molecule has 1 aliphatic heterocycles. The molecule has 4 heterocycles. The fourth-order valence-corrected chi connectivity index (χ4v) is 3.83. The van der Waals surface area contributed by atoms with Crippen molar-refractivity contribution in [3.8, 4) is 17.3 Å². The first-order valence-electron chi connectivity index (χ1n) is 9.42. The van der Waals surface area contributed by atoms with Crippen molar-refractivity contribution in [2.24, 2.45) is 0 Å². The van der Waals surface area contributed by atoms with Gasteiger partial charge in [0, 0.05) is 66.8 Å². The monoisotopic (exact) mass is 371 g/mol. The van der Waals surface area contributed by atoms with E-state index in [4.69, 9.17) is 4.74 Å². The minimum absolute atomic E-state index is 0.661. The van der Waals surface area contributed by atoms with E-state index in [1.165, 1.54) is 22.2 Å². The number of nitrogens with one attached hydrogen (secondary N) is 1. The Morgan fingerprint density at radius 1 is 1.11 bits per heavy atom. The molecule has 0 radical (unpaired) electrons. The van der Waals surface area contributed by atoms with Gasteiger partial charge in [0.2, 0.25) is 0 Å². The lowest BCUT2D eigenvalue weighted by molar-refractivity contribution is 0.245. The molecule has 0 spiro atoms. The summed E-state index contributed by atoms with van der Waals surface area (Å²) in [5, 5.41) is 1.25. The molecule has 0 saturated heterocycles. The molecule has 28 heavy (non-hydrogen) atoms. The Balaban J connectivity index is 1.35. The maximum atomic E-state index is 5.40. The summed E-state index contributed by atoms with van der Waals surface area (Å²) in [6.07, 6.45) is 6.59. The van der Waals surface area contributed by atoms with Gasteiger partial charge in [-0.05, 0) is 35.9 Å². The predicted octanol–water partition coefficient (Wildman–Crippen LogP) is 3.59. The fourth-order valence-electron chi connectivity index (χ4n) is 3.83. The molecule has 0 fully saturated rings. The first-order chi connectivity index (χ1) is 13.8. The van der Waals surface area contributed by atoms with Crippen molar-refractivity contribution in [3.63, 3.8) is 0 Å². The molecule has 140 valence electrons. The van der Waals surface area contributed by atoms with E-state index >= 15 is 0 Å². The van der Waals surface area contributed by atoms with Gasteiger partial charge in [0.1, 0.15) is 11.4 Å². The molecule has 0 aliphatic carbocycles.